The van der Waals surface area contributed by atoms with Gasteiger partial charge in [0.2, 0.25) is 5.91 Å². The van der Waals surface area contributed by atoms with Gasteiger partial charge in [-0.2, -0.15) is 0 Å². The van der Waals surface area contributed by atoms with Crippen LogP contribution in [0, 0.1) is 11.3 Å². The highest BCUT2D eigenvalue weighted by Gasteiger charge is 2.33. The van der Waals surface area contributed by atoms with Crippen LogP contribution >= 0.6 is 0 Å². The van der Waals surface area contributed by atoms with Gasteiger partial charge in [-0.3, -0.25) is 4.79 Å². The van der Waals surface area contributed by atoms with Gasteiger partial charge in [0.05, 0.1) is 0 Å². The highest BCUT2D eigenvalue weighted by atomic mass is 16.5. The minimum Gasteiger partial charge on any atom is -0.480 e. The summed E-state index contributed by atoms with van der Waals surface area (Å²) in [4.78, 5) is 37.5. The number of ether oxygens (including phenoxy) is 1. The summed E-state index contributed by atoms with van der Waals surface area (Å²) in [6.45, 7) is 9.64. The van der Waals surface area contributed by atoms with Crippen molar-refractivity contribution in [3.05, 3.63) is 59.7 Å². The first-order valence-corrected chi connectivity index (χ1v) is 12.2. The van der Waals surface area contributed by atoms with Crippen LogP contribution in [0.2, 0.25) is 0 Å². The lowest BCUT2D eigenvalue weighted by Crippen LogP contribution is -2.54. The van der Waals surface area contributed by atoms with Gasteiger partial charge >= 0.3 is 12.1 Å². The number of hydrogen-bond donors (Lipinski definition) is 3. The van der Waals surface area contributed by atoms with Crippen LogP contribution in [0.5, 0.6) is 0 Å². The van der Waals surface area contributed by atoms with Crippen LogP contribution in [0.15, 0.2) is 48.5 Å². The smallest absolute Gasteiger partial charge is 0.407 e. The maximum Gasteiger partial charge on any atom is 0.407 e. The van der Waals surface area contributed by atoms with E-state index in [2.05, 4.69) is 22.8 Å². The van der Waals surface area contributed by atoms with E-state index in [-0.39, 0.29) is 23.9 Å². The van der Waals surface area contributed by atoms with Gasteiger partial charge in [-0.25, -0.2) is 9.59 Å². The molecule has 3 rings (SSSR count). The highest BCUT2D eigenvalue weighted by Crippen LogP contribution is 2.44. The van der Waals surface area contributed by atoms with Crippen LogP contribution < -0.4 is 10.6 Å². The third-order valence-corrected chi connectivity index (χ3v) is 6.55. The van der Waals surface area contributed by atoms with Gasteiger partial charge in [0.15, 0.2) is 0 Å². The van der Waals surface area contributed by atoms with Crippen LogP contribution in [0.4, 0.5) is 4.79 Å². The predicted molar refractivity (Wildman–Crippen MR) is 135 cm³/mol. The molecule has 7 heteroatoms. The van der Waals surface area contributed by atoms with Crippen molar-refractivity contribution in [2.45, 2.75) is 65.5 Å². The van der Waals surface area contributed by atoms with Gasteiger partial charge in [-0.15, -0.1) is 0 Å². The number of carboxylic acid groups (broad SMARTS) is 1. The predicted octanol–water partition coefficient (Wildman–Crippen LogP) is 4.95. The maximum atomic E-state index is 13.0. The number of rotatable bonds is 9. The second kappa shape index (κ2) is 10.9. The zero-order chi connectivity index (χ0) is 25.8. The number of nitrogens with one attached hydrogen (secondary N) is 2. The van der Waals surface area contributed by atoms with Crippen molar-refractivity contribution in [3.63, 3.8) is 0 Å². The summed E-state index contributed by atoms with van der Waals surface area (Å²) in [5.74, 6) is -1.96. The van der Waals surface area contributed by atoms with Gasteiger partial charge in [-0.1, -0.05) is 89.6 Å². The summed E-state index contributed by atoms with van der Waals surface area (Å²) in [5.41, 5.74) is 4.18. The summed E-state index contributed by atoms with van der Waals surface area (Å²) in [5, 5.41) is 14.8. The number of benzene rings is 2. The molecule has 2 aromatic carbocycles. The Morgan fingerprint density at radius 2 is 1.51 bits per heavy atom. The van der Waals surface area contributed by atoms with Crippen LogP contribution in [-0.2, 0) is 14.3 Å². The van der Waals surface area contributed by atoms with Crippen LogP contribution in [0.1, 0.15) is 64.5 Å². The Morgan fingerprint density at radius 1 is 0.971 bits per heavy atom. The fourth-order valence-electron chi connectivity index (χ4n) is 4.54. The van der Waals surface area contributed by atoms with E-state index in [1.807, 2.05) is 64.1 Å². The van der Waals surface area contributed by atoms with Crippen molar-refractivity contribution in [3.8, 4) is 11.1 Å². The average molecular weight is 481 g/mol. The number of amides is 2. The van der Waals surface area contributed by atoms with Gasteiger partial charge in [-0.05, 0) is 40.0 Å². The van der Waals surface area contributed by atoms with E-state index in [1.165, 1.54) is 0 Å². The molecule has 1 aliphatic rings. The molecule has 0 heterocycles. The van der Waals surface area contributed by atoms with Crippen LogP contribution in [0.25, 0.3) is 11.1 Å². The van der Waals surface area contributed by atoms with Crippen molar-refractivity contribution in [2.24, 2.45) is 11.3 Å². The van der Waals surface area contributed by atoms with E-state index in [0.29, 0.717) is 12.8 Å². The Morgan fingerprint density at radius 3 is 2.00 bits per heavy atom. The lowest BCUT2D eigenvalue weighted by Gasteiger charge is -2.28. The topological polar surface area (TPSA) is 105 Å². The first kappa shape index (κ1) is 26.3. The molecule has 0 saturated carbocycles. The van der Waals surface area contributed by atoms with Gasteiger partial charge in [0.1, 0.15) is 18.7 Å². The van der Waals surface area contributed by atoms with E-state index in [0.717, 1.165) is 22.3 Å². The minimum absolute atomic E-state index is 0.0927. The molecule has 188 valence electrons. The van der Waals surface area contributed by atoms with Crippen molar-refractivity contribution >= 4 is 18.0 Å². The largest absolute Gasteiger partial charge is 0.480 e. The molecule has 35 heavy (non-hydrogen) atoms. The Balaban J connectivity index is 1.70. The summed E-state index contributed by atoms with van der Waals surface area (Å²) >= 11 is 0. The van der Waals surface area contributed by atoms with Gasteiger partial charge in [0, 0.05) is 5.92 Å². The number of carboxylic acids is 1. The second-order valence-electron chi connectivity index (χ2n) is 10.5. The number of hydrogen-bond acceptors (Lipinski definition) is 4. The minimum atomic E-state index is -1.09. The normalized spacial score (nSPS) is 15.3. The molecule has 0 fully saturated rings. The third-order valence-electron chi connectivity index (χ3n) is 6.55. The lowest BCUT2D eigenvalue weighted by atomic mass is 9.87. The van der Waals surface area contributed by atoms with E-state index < -0.39 is 30.1 Å². The Kier molecular flexibility index (Phi) is 8.20. The zero-order valence-corrected chi connectivity index (χ0v) is 21.1. The SMILES string of the molecule is CCC(C)C(NC(=O)C(CC(C)(C)C)NC(=O)OCC1c2ccccc2-c2ccccc21)C(=O)O. The third kappa shape index (κ3) is 6.41. The lowest BCUT2D eigenvalue weighted by molar-refractivity contribution is -0.143. The van der Waals surface area contributed by atoms with Crippen LogP contribution in [-0.4, -0.2) is 41.8 Å². The number of carbonyl (C=O) groups is 3. The van der Waals surface area contributed by atoms with Gasteiger partial charge in [0.25, 0.3) is 0 Å². The fourth-order valence-corrected chi connectivity index (χ4v) is 4.54. The molecule has 1 aliphatic carbocycles. The molecule has 0 aromatic heterocycles. The molecular weight excluding hydrogens is 444 g/mol. The summed E-state index contributed by atoms with van der Waals surface area (Å²) in [6.07, 6.45) is 0.225. The quantitative estimate of drug-likeness (QED) is 0.471. The summed E-state index contributed by atoms with van der Waals surface area (Å²) in [6, 6.07) is 14.2. The standard InChI is InChI=1S/C28H36N2O5/c1-6-17(2)24(26(32)33)30-25(31)23(15-28(3,4)5)29-27(34)35-16-22-20-13-9-7-11-18(20)19-12-8-10-14-21(19)22/h7-14,17,22-24H,6,15-16H2,1-5H3,(H,29,34)(H,30,31)(H,32,33). The van der Waals surface area contributed by atoms with Crippen molar-refractivity contribution in [1.82, 2.24) is 10.6 Å². The maximum absolute atomic E-state index is 13.0. The molecule has 0 bridgehead atoms. The van der Waals surface area contributed by atoms with E-state index in [1.54, 1.807) is 6.92 Å². The molecule has 0 aliphatic heterocycles. The fraction of sp³-hybridized carbons (Fsp3) is 0.464. The Labute approximate surface area is 207 Å². The Bertz CT molecular complexity index is 1030. The van der Waals surface area contributed by atoms with E-state index in [9.17, 15) is 19.5 Å². The van der Waals surface area contributed by atoms with Crippen LogP contribution in [0.3, 0.4) is 0 Å². The monoisotopic (exact) mass is 480 g/mol. The molecule has 0 saturated heterocycles. The zero-order valence-electron chi connectivity index (χ0n) is 21.1. The van der Waals surface area contributed by atoms with Crippen molar-refractivity contribution in [2.75, 3.05) is 6.61 Å². The molecule has 3 unspecified atom stereocenters. The number of fused-ring (bicyclic) bond motifs is 3. The molecular formula is C28H36N2O5. The summed E-state index contributed by atoms with van der Waals surface area (Å²) in [7, 11) is 0. The number of aliphatic carboxylic acids is 1. The highest BCUT2D eigenvalue weighted by molar-refractivity contribution is 5.89. The molecule has 0 radical (unpaired) electrons. The number of alkyl carbamates (subject to hydrolysis) is 1. The first-order chi connectivity index (χ1) is 16.5. The van der Waals surface area contributed by atoms with E-state index >= 15 is 0 Å². The molecule has 3 atom stereocenters. The molecule has 3 N–H and O–H groups in total. The molecule has 7 nitrogen and oxygen atoms in total. The molecule has 2 aromatic rings. The number of carbonyl (C=O) groups excluding carboxylic acids is 2. The van der Waals surface area contributed by atoms with E-state index in [4.69, 9.17) is 4.74 Å². The summed E-state index contributed by atoms with van der Waals surface area (Å²) < 4.78 is 5.61. The second-order valence-corrected chi connectivity index (χ2v) is 10.5. The first-order valence-electron chi connectivity index (χ1n) is 12.2. The van der Waals surface area contributed by atoms with Crippen molar-refractivity contribution < 1.29 is 24.2 Å². The van der Waals surface area contributed by atoms with Gasteiger partial charge < -0.3 is 20.5 Å². The Hall–Kier alpha value is -3.35. The molecule has 0 spiro atoms. The molecule has 2 amide bonds. The average Bonchev–Trinajstić information content (AvgIpc) is 3.12. The van der Waals surface area contributed by atoms with Crippen molar-refractivity contribution in [1.29, 1.82) is 0 Å².